The maximum absolute atomic E-state index is 12.6. The lowest BCUT2D eigenvalue weighted by Crippen LogP contribution is -2.56. The second kappa shape index (κ2) is 8.99. The number of carboxylic acid groups (broad SMARTS) is 1. The number of amides is 2. The lowest BCUT2D eigenvalue weighted by Gasteiger charge is -2.39. The van der Waals surface area contributed by atoms with E-state index in [1.165, 1.54) is 0 Å². The third-order valence-corrected chi connectivity index (χ3v) is 6.25. The highest BCUT2D eigenvalue weighted by atomic mass is 16.5. The zero-order valence-electron chi connectivity index (χ0n) is 18.2. The molecule has 0 aliphatic carbocycles. The van der Waals surface area contributed by atoms with Gasteiger partial charge in [-0.05, 0) is 43.3 Å². The standard InChI is InChI=1S/C21H28BN3O7/c1-24(2)20(27)15-7-12(9-23-15)8-17(26)25-10-14(11-25)31-16-4-3-13-5-6-22(30)32-19(13)18(16)21(28)29/h3-4,12,14-15,23,30H,5-11H2,1-2H3,(H,28,29)/t12-,15+/m1/s1. The van der Waals surface area contributed by atoms with E-state index in [9.17, 15) is 24.5 Å². The minimum absolute atomic E-state index is 0.00459. The number of fused-ring (bicyclic) bond motifs is 1. The van der Waals surface area contributed by atoms with Gasteiger partial charge in [0.2, 0.25) is 11.8 Å². The molecule has 172 valence electrons. The van der Waals surface area contributed by atoms with E-state index in [0.717, 1.165) is 5.56 Å². The summed E-state index contributed by atoms with van der Waals surface area (Å²) < 4.78 is 11.2. The number of ether oxygens (including phenoxy) is 1. The Labute approximate surface area is 186 Å². The Kier molecular flexibility index (Phi) is 6.30. The Bertz CT molecular complexity index is 919. The number of carbonyl (C=O) groups is 3. The van der Waals surface area contributed by atoms with Crippen LogP contribution >= 0.6 is 0 Å². The van der Waals surface area contributed by atoms with E-state index in [1.54, 1.807) is 36.0 Å². The first kappa shape index (κ1) is 22.4. The number of benzene rings is 1. The number of rotatable bonds is 6. The zero-order chi connectivity index (χ0) is 23.0. The molecular weight excluding hydrogens is 417 g/mol. The minimum Gasteiger partial charge on any atom is -0.535 e. The molecule has 1 aromatic carbocycles. The smallest absolute Gasteiger partial charge is 0.522 e. The summed E-state index contributed by atoms with van der Waals surface area (Å²) in [6.07, 6.45) is 1.63. The molecule has 3 heterocycles. The first-order chi connectivity index (χ1) is 15.2. The number of likely N-dealkylation sites (N-methyl/N-ethyl adjacent to an activating group) is 1. The van der Waals surface area contributed by atoms with Crippen molar-refractivity contribution in [2.45, 2.75) is 37.7 Å². The van der Waals surface area contributed by atoms with Gasteiger partial charge in [-0.2, -0.15) is 0 Å². The molecule has 0 unspecified atom stereocenters. The number of carboxylic acids is 1. The summed E-state index contributed by atoms with van der Waals surface area (Å²) in [5, 5.41) is 22.6. The summed E-state index contributed by atoms with van der Waals surface area (Å²) in [5.74, 6) is -0.727. The number of nitrogens with one attached hydrogen (secondary N) is 1. The van der Waals surface area contributed by atoms with E-state index in [-0.39, 0.29) is 46.9 Å². The van der Waals surface area contributed by atoms with Crippen LogP contribution in [0.2, 0.25) is 6.32 Å². The van der Waals surface area contributed by atoms with E-state index in [0.29, 0.717) is 45.2 Å². The van der Waals surface area contributed by atoms with Gasteiger partial charge in [0.05, 0.1) is 19.1 Å². The average molecular weight is 445 g/mol. The van der Waals surface area contributed by atoms with Gasteiger partial charge >= 0.3 is 13.1 Å². The molecule has 0 bridgehead atoms. The molecule has 0 aromatic heterocycles. The fourth-order valence-corrected chi connectivity index (χ4v) is 4.45. The molecule has 32 heavy (non-hydrogen) atoms. The van der Waals surface area contributed by atoms with E-state index >= 15 is 0 Å². The number of hydrogen-bond acceptors (Lipinski definition) is 7. The van der Waals surface area contributed by atoms with Gasteiger partial charge in [-0.15, -0.1) is 0 Å². The minimum atomic E-state index is -1.19. The molecule has 3 aliphatic heterocycles. The van der Waals surface area contributed by atoms with Crippen LogP contribution in [-0.4, -0.2) is 90.7 Å². The van der Waals surface area contributed by atoms with Crippen LogP contribution in [0.5, 0.6) is 11.5 Å². The third kappa shape index (κ3) is 4.54. The van der Waals surface area contributed by atoms with Crippen LogP contribution in [0.25, 0.3) is 0 Å². The summed E-state index contributed by atoms with van der Waals surface area (Å²) in [6.45, 7) is 1.38. The second-order valence-electron chi connectivity index (χ2n) is 8.88. The van der Waals surface area contributed by atoms with Crippen LogP contribution in [0.3, 0.4) is 0 Å². The average Bonchev–Trinajstić information content (AvgIpc) is 3.16. The Morgan fingerprint density at radius 3 is 2.75 bits per heavy atom. The molecule has 0 saturated carbocycles. The fraction of sp³-hybridized carbons (Fsp3) is 0.571. The largest absolute Gasteiger partial charge is 0.535 e. The van der Waals surface area contributed by atoms with Gasteiger partial charge in [0.25, 0.3) is 0 Å². The van der Waals surface area contributed by atoms with Gasteiger partial charge in [0.15, 0.2) is 0 Å². The molecule has 2 saturated heterocycles. The number of hydrogen-bond donors (Lipinski definition) is 3. The monoisotopic (exact) mass is 445 g/mol. The molecule has 3 aliphatic rings. The fourth-order valence-electron chi connectivity index (χ4n) is 4.45. The quantitative estimate of drug-likeness (QED) is 0.516. The van der Waals surface area contributed by atoms with Gasteiger partial charge in [-0.3, -0.25) is 9.59 Å². The topological polar surface area (TPSA) is 129 Å². The molecule has 2 fully saturated rings. The molecule has 2 atom stereocenters. The van der Waals surface area contributed by atoms with Crippen molar-refractivity contribution in [1.29, 1.82) is 0 Å². The second-order valence-corrected chi connectivity index (χ2v) is 8.88. The molecule has 4 rings (SSSR count). The van der Waals surface area contributed by atoms with Gasteiger partial charge in [-0.1, -0.05) is 6.07 Å². The van der Waals surface area contributed by atoms with E-state index in [1.807, 2.05) is 0 Å². The van der Waals surface area contributed by atoms with Crippen molar-refractivity contribution in [3.05, 3.63) is 23.3 Å². The SMILES string of the molecule is CN(C)C(=O)[C@@H]1C[C@H](CC(=O)N2CC(Oc3ccc4c(c3C(=O)O)OB(O)CC4)C2)CN1. The Morgan fingerprint density at radius 1 is 1.31 bits per heavy atom. The summed E-state index contributed by atoms with van der Waals surface area (Å²) in [4.78, 5) is 39.7. The molecule has 2 amide bonds. The van der Waals surface area contributed by atoms with Crippen molar-refractivity contribution < 1.29 is 33.9 Å². The number of aromatic carboxylic acids is 1. The number of aryl methyl sites for hydroxylation is 1. The van der Waals surface area contributed by atoms with Crippen molar-refractivity contribution in [3.8, 4) is 11.5 Å². The lowest BCUT2D eigenvalue weighted by atomic mass is 9.78. The normalized spacial score (nSPS) is 22.6. The van der Waals surface area contributed by atoms with Crippen molar-refractivity contribution in [3.63, 3.8) is 0 Å². The maximum atomic E-state index is 12.6. The first-order valence-electron chi connectivity index (χ1n) is 10.9. The molecule has 10 nitrogen and oxygen atoms in total. The van der Waals surface area contributed by atoms with Crippen LogP contribution in [0.4, 0.5) is 0 Å². The van der Waals surface area contributed by atoms with Crippen LogP contribution in [-0.2, 0) is 16.0 Å². The molecule has 0 spiro atoms. The van der Waals surface area contributed by atoms with Crippen LogP contribution in [0.15, 0.2) is 12.1 Å². The molecular formula is C21H28BN3O7. The molecule has 1 aromatic rings. The van der Waals surface area contributed by atoms with Crippen molar-refractivity contribution in [2.24, 2.45) is 5.92 Å². The summed E-state index contributed by atoms with van der Waals surface area (Å²) in [7, 11) is 2.40. The molecule has 3 N–H and O–H groups in total. The lowest BCUT2D eigenvalue weighted by molar-refractivity contribution is -0.141. The Hall–Kier alpha value is -2.79. The Balaban J connectivity index is 1.31. The van der Waals surface area contributed by atoms with Gasteiger partial charge in [-0.25, -0.2) is 4.79 Å². The summed E-state index contributed by atoms with van der Waals surface area (Å²) in [6, 6.07) is 3.12. The third-order valence-electron chi connectivity index (χ3n) is 6.25. The summed E-state index contributed by atoms with van der Waals surface area (Å²) >= 11 is 0. The first-order valence-corrected chi connectivity index (χ1v) is 10.9. The highest BCUT2D eigenvalue weighted by Gasteiger charge is 2.38. The van der Waals surface area contributed by atoms with Gasteiger partial charge in [0, 0.05) is 20.5 Å². The highest BCUT2D eigenvalue weighted by Crippen LogP contribution is 2.37. The van der Waals surface area contributed by atoms with Crippen molar-refractivity contribution in [2.75, 3.05) is 33.7 Å². The van der Waals surface area contributed by atoms with E-state index < -0.39 is 13.1 Å². The zero-order valence-corrected chi connectivity index (χ0v) is 18.2. The molecule has 11 heteroatoms. The van der Waals surface area contributed by atoms with Crippen molar-refractivity contribution >= 4 is 24.9 Å². The number of likely N-dealkylation sites (tertiary alicyclic amines) is 1. The van der Waals surface area contributed by atoms with E-state index in [2.05, 4.69) is 5.32 Å². The van der Waals surface area contributed by atoms with Gasteiger partial charge < -0.3 is 34.6 Å². The number of nitrogens with zero attached hydrogens (tertiary/aromatic N) is 2. The van der Waals surface area contributed by atoms with Crippen molar-refractivity contribution in [1.82, 2.24) is 15.1 Å². The van der Waals surface area contributed by atoms with Gasteiger partial charge in [0.1, 0.15) is 23.2 Å². The molecule has 0 radical (unpaired) electrons. The predicted octanol–water partition coefficient (Wildman–Crippen LogP) is -0.154. The Morgan fingerprint density at radius 2 is 2.06 bits per heavy atom. The number of carbonyl (C=O) groups excluding carboxylic acids is 2. The summed E-state index contributed by atoms with van der Waals surface area (Å²) in [5.41, 5.74) is 0.626. The predicted molar refractivity (Wildman–Crippen MR) is 115 cm³/mol. The van der Waals surface area contributed by atoms with Crippen LogP contribution in [0.1, 0.15) is 28.8 Å². The van der Waals surface area contributed by atoms with E-state index in [4.69, 9.17) is 9.39 Å². The van der Waals surface area contributed by atoms with Crippen LogP contribution < -0.4 is 14.7 Å². The maximum Gasteiger partial charge on any atom is 0.522 e. The highest BCUT2D eigenvalue weighted by molar-refractivity contribution is 6.44. The van der Waals surface area contributed by atoms with Crippen LogP contribution in [0, 0.1) is 5.92 Å².